The zero-order chi connectivity index (χ0) is 11.4. The molecule has 5 heteroatoms. The van der Waals surface area contributed by atoms with Crippen LogP contribution in [0.15, 0.2) is 30.7 Å². The van der Waals surface area contributed by atoms with Crippen molar-refractivity contribution >= 4 is 5.82 Å². The Morgan fingerprint density at radius 1 is 1.44 bits per heavy atom. The van der Waals surface area contributed by atoms with Crippen LogP contribution in [0.5, 0.6) is 5.88 Å². The molecule has 84 valence electrons. The van der Waals surface area contributed by atoms with Gasteiger partial charge in [0.25, 0.3) is 0 Å². The molecule has 0 saturated carbocycles. The molecule has 0 bridgehead atoms. The lowest BCUT2D eigenvalue weighted by atomic mass is 10.4. The molecule has 0 fully saturated rings. The summed E-state index contributed by atoms with van der Waals surface area (Å²) >= 11 is 0. The van der Waals surface area contributed by atoms with Gasteiger partial charge in [-0.2, -0.15) is 4.98 Å². The monoisotopic (exact) mass is 218 g/mol. The first kappa shape index (κ1) is 10.5. The molecule has 2 heterocycles. The first-order valence-electron chi connectivity index (χ1n) is 4.99. The van der Waals surface area contributed by atoms with Crippen LogP contribution in [0.4, 0.5) is 5.82 Å². The molecule has 0 amide bonds. The Kier molecular flexibility index (Phi) is 3.05. The number of aromatic nitrogens is 3. The van der Waals surface area contributed by atoms with Crippen molar-refractivity contribution in [3.63, 3.8) is 0 Å². The Labute approximate surface area is 94.1 Å². The zero-order valence-electron chi connectivity index (χ0n) is 9.34. The summed E-state index contributed by atoms with van der Waals surface area (Å²) in [6.45, 7) is 0.714. The van der Waals surface area contributed by atoms with E-state index in [1.54, 1.807) is 19.5 Å². The molecule has 0 aliphatic rings. The average Bonchev–Trinajstić information content (AvgIpc) is 2.72. The topological polar surface area (TPSA) is 52.0 Å². The second-order valence-corrected chi connectivity index (χ2v) is 3.41. The Morgan fingerprint density at radius 2 is 2.31 bits per heavy atom. The van der Waals surface area contributed by atoms with Crippen molar-refractivity contribution in [3.05, 3.63) is 36.4 Å². The fraction of sp³-hybridized carbons (Fsp3) is 0.273. The third-order valence-electron chi connectivity index (χ3n) is 2.32. The Bertz CT molecular complexity index is 467. The molecule has 5 nitrogen and oxygen atoms in total. The highest BCUT2D eigenvalue weighted by Gasteiger charge is 2.00. The molecule has 2 aromatic heterocycles. The maximum Gasteiger partial charge on any atom is 0.233 e. The zero-order valence-corrected chi connectivity index (χ0v) is 9.34. The van der Waals surface area contributed by atoms with Crippen LogP contribution in [0.1, 0.15) is 5.69 Å². The lowest BCUT2D eigenvalue weighted by Crippen LogP contribution is -2.05. The van der Waals surface area contributed by atoms with Crippen LogP contribution in [0.2, 0.25) is 0 Å². The van der Waals surface area contributed by atoms with E-state index in [0.717, 1.165) is 0 Å². The maximum absolute atomic E-state index is 5.00. The molecule has 16 heavy (non-hydrogen) atoms. The van der Waals surface area contributed by atoms with Crippen molar-refractivity contribution in [2.45, 2.75) is 6.54 Å². The lowest BCUT2D eigenvalue weighted by molar-refractivity contribution is 0.396. The van der Waals surface area contributed by atoms with Crippen molar-refractivity contribution < 1.29 is 4.74 Å². The highest BCUT2D eigenvalue weighted by Crippen LogP contribution is 2.09. The molecule has 0 aliphatic heterocycles. The van der Waals surface area contributed by atoms with E-state index in [-0.39, 0.29) is 0 Å². The number of nitrogens with one attached hydrogen (secondary N) is 1. The third kappa shape index (κ3) is 2.31. The van der Waals surface area contributed by atoms with Crippen molar-refractivity contribution in [3.8, 4) is 5.88 Å². The van der Waals surface area contributed by atoms with Gasteiger partial charge < -0.3 is 14.6 Å². The van der Waals surface area contributed by atoms with E-state index < -0.39 is 0 Å². The van der Waals surface area contributed by atoms with Crippen LogP contribution >= 0.6 is 0 Å². The molecular formula is C11H14N4O. The number of nitrogens with zero attached hydrogens (tertiary/aromatic N) is 3. The van der Waals surface area contributed by atoms with Crippen LogP contribution < -0.4 is 10.1 Å². The lowest BCUT2D eigenvalue weighted by Gasteiger charge is -2.07. The fourth-order valence-electron chi connectivity index (χ4n) is 1.39. The third-order valence-corrected chi connectivity index (χ3v) is 2.32. The molecule has 2 rings (SSSR count). The number of aryl methyl sites for hydroxylation is 1. The highest BCUT2D eigenvalue weighted by atomic mass is 16.5. The quantitative estimate of drug-likeness (QED) is 0.843. The van der Waals surface area contributed by atoms with Crippen molar-refractivity contribution in [1.82, 2.24) is 14.5 Å². The van der Waals surface area contributed by atoms with Gasteiger partial charge in [-0.1, -0.05) is 0 Å². The summed E-state index contributed by atoms with van der Waals surface area (Å²) in [5.41, 5.74) is 1.18. The number of methoxy groups -OCH3 is 1. The van der Waals surface area contributed by atoms with Crippen LogP contribution in [-0.2, 0) is 13.6 Å². The van der Waals surface area contributed by atoms with Gasteiger partial charge >= 0.3 is 0 Å². The van der Waals surface area contributed by atoms with E-state index in [2.05, 4.69) is 25.9 Å². The molecule has 0 aromatic carbocycles. The van der Waals surface area contributed by atoms with Gasteiger partial charge in [0.05, 0.1) is 26.0 Å². The molecule has 1 N–H and O–H groups in total. The summed E-state index contributed by atoms with van der Waals surface area (Å²) in [6.07, 6.45) is 5.26. The number of ether oxygens (including phenoxy) is 1. The molecule has 0 aliphatic carbocycles. The van der Waals surface area contributed by atoms with Crippen LogP contribution in [0, 0.1) is 0 Å². The van der Waals surface area contributed by atoms with Gasteiger partial charge in [-0.05, 0) is 12.1 Å². The van der Waals surface area contributed by atoms with Gasteiger partial charge in [-0.25, -0.2) is 0 Å². The normalized spacial score (nSPS) is 10.1. The van der Waals surface area contributed by atoms with E-state index in [0.29, 0.717) is 18.2 Å². The molecule has 2 aromatic rings. The van der Waals surface area contributed by atoms with Crippen LogP contribution in [-0.4, -0.2) is 21.6 Å². The van der Waals surface area contributed by atoms with E-state index in [9.17, 15) is 0 Å². The standard InChI is InChI=1S/C11H14N4O/c1-15-5-3-4-9(15)6-13-10-7-12-8-11(14-10)16-2/h3-5,7-8H,6H2,1-2H3,(H,13,14). The maximum atomic E-state index is 5.00. The molecule has 0 saturated heterocycles. The van der Waals surface area contributed by atoms with Gasteiger partial charge in [0, 0.05) is 18.9 Å². The number of rotatable bonds is 4. The SMILES string of the molecule is COc1cncc(NCc2cccn2C)n1. The van der Waals surface area contributed by atoms with Gasteiger partial charge in [0.15, 0.2) is 0 Å². The van der Waals surface area contributed by atoms with Gasteiger partial charge in [-0.3, -0.25) is 4.98 Å². The summed E-state index contributed by atoms with van der Waals surface area (Å²) in [5, 5.41) is 3.19. The van der Waals surface area contributed by atoms with E-state index in [1.807, 2.05) is 19.3 Å². The Hall–Kier alpha value is -2.04. The minimum Gasteiger partial charge on any atom is -0.480 e. The summed E-state index contributed by atoms with van der Waals surface area (Å²) in [6, 6.07) is 4.06. The first-order chi connectivity index (χ1) is 7.79. The molecule has 0 atom stereocenters. The second-order valence-electron chi connectivity index (χ2n) is 3.41. The van der Waals surface area contributed by atoms with Crippen molar-refractivity contribution in [1.29, 1.82) is 0 Å². The second kappa shape index (κ2) is 4.65. The highest BCUT2D eigenvalue weighted by molar-refractivity contribution is 5.34. The Balaban J connectivity index is 2.02. The van der Waals surface area contributed by atoms with Gasteiger partial charge in [0.2, 0.25) is 5.88 Å². The summed E-state index contributed by atoms with van der Waals surface area (Å²) in [7, 11) is 3.58. The number of anilines is 1. The predicted octanol–water partition coefficient (Wildman–Crippen LogP) is 1.44. The van der Waals surface area contributed by atoms with Gasteiger partial charge in [0.1, 0.15) is 5.82 Å². The summed E-state index contributed by atoms with van der Waals surface area (Å²) < 4.78 is 7.05. The minimum absolute atomic E-state index is 0.511. The van der Waals surface area contributed by atoms with E-state index >= 15 is 0 Å². The van der Waals surface area contributed by atoms with Gasteiger partial charge in [-0.15, -0.1) is 0 Å². The summed E-state index contributed by atoms with van der Waals surface area (Å²) in [4.78, 5) is 8.24. The fourth-order valence-corrected chi connectivity index (χ4v) is 1.39. The first-order valence-corrected chi connectivity index (χ1v) is 4.99. The average molecular weight is 218 g/mol. The molecule has 0 unspecified atom stereocenters. The Morgan fingerprint density at radius 3 is 3.00 bits per heavy atom. The largest absolute Gasteiger partial charge is 0.480 e. The molecule has 0 radical (unpaired) electrons. The predicted molar refractivity (Wildman–Crippen MR) is 61.3 cm³/mol. The number of hydrogen-bond donors (Lipinski definition) is 1. The van der Waals surface area contributed by atoms with Crippen LogP contribution in [0.3, 0.4) is 0 Å². The molecule has 0 spiro atoms. The van der Waals surface area contributed by atoms with Crippen LogP contribution in [0.25, 0.3) is 0 Å². The molecular weight excluding hydrogens is 204 g/mol. The van der Waals surface area contributed by atoms with Crippen molar-refractivity contribution in [2.24, 2.45) is 7.05 Å². The number of hydrogen-bond acceptors (Lipinski definition) is 4. The smallest absolute Gasteiger partial charge is 0.233 e. The van der Waals surface area contributed by atoms with Crippen molar-refractivity contribution in [2.75, 3.05) is 12.4 Å². The van der Waals surface area contributed by atoms with E-state index in [4.69, 9.17) is 4.74 Å². The van der Waals surface area contributed by atoms with E-state index in [1.165, 1.54) is 5.69 Å². The summed E-state index contributed by atoms with van der Waals surface area (Å²) in [5.74, 6) is 1.22. The minimum atomic E-state index is 0.511.